The number of ketones is 1. The molecule has 7 heteroatoms. The molecule has 0 unspecified atom stereocenters. The van der Waals surface area contributed by atoms with Crippen molar-refractivity contribution in [3.8, 4) is 17.2 Å². The summed E-state index contributed by atoms with van der Waals surface area (Å²) in [5, 5.41) is 11.6. The number of piperidine rings is 1. The first-order chi connectivity index (χ1) is 26.5. The van der Waals surface area contributed by atoms with Crippen LogP contribution in [0.3, 0.4) is 0 Å². The van der Waals surface area contributed by atoms with Gasteiger partial charge in [-0.1, -0.05) is 91.0 Å². The van der Waals surface area contributed by atoms with E-state index in [0.717, 1.165) is 67.1 Å². The monoisotopic (exact) mass is 724 g/mol. The van der Waals surface area contributed by atoms with E-state index in [4.69, 9.17) is 9.47 Å². The van der Waals surface area contributed by atoms with Crippen LogP contribution in [-0.2, 0) is 16.6 Å². The SMILES string of the molecule is COc1cc(O)c2c3c1O[C@H]1[C@@H](N(CC(c4ccccc4)c4ccccc4)C(=O)CCCCC(=O)c4ccccc4)CC[C@H]4[C@@H](C2)N(CC2CC2)CC[C@@]341. The average molecular weight is 725 g/mol. The fourth-order valence-corrected chi connectivity index (χ4v) is 10.8. The Bertz CT molecular complexity index is 1940. The number of likely N-dealkylation sites (tertiary alicyclic amines) is 1. The molecule has 0 aromatic heterocycles. The Balaban J connectivity index is 1.07. The molecule has 4 aromatic carbocycles. The molecule has 2 bridgehead atoms. The van der Waals surface area contributed by atoms with Gasteiger partial charge in [-0.15, -0.1) is 0 Å². The number of carbonyl (C=O) groups is 2. The van der Waals surface area contributed by atoms with Crippen molar-refractivity contribution in [3.63, 3.8) is 0 Å². The van der Waals surface area contributed by atoms with Crippen molar-refractivity contribution in [2.24, 2.45) is 11.8 Å². The van der Waals surface area contributed by atoms with Gasteiger partial charge in [0.05, 0.1) is 13.2 Å². The first kappa shape index (κ1) is 35.1. The minimum Gasteiger partial charge on any atom is -0.508 e. The molecule has 2 heterocycles. The third-order valence-electron chi connectivity index (χ3n) is 13.5. The number of hydrogen-bond acceptors (Lipinski definition) is 6. The van der Waals surface area contributed by atoms with Crippen molar-refractivity contribution < 1.29 is 24.2 Å². The van der Waals surface area contributed by atoms with Crippen molar-refractivity contribution in [3.05, 3.63) is 125 Å². The Morgan fingerprint density at radius 3 is 2.24 bits per heavy atom. The number of aromatic hydroxyl groups is 1. The summed E-state index contributed by atoms with van der Waals surface area (Å²) >= 11 is 0. The maximum absolute atomic E-state index is 14.9. The van der Waals surface area contributed by atoms with Gasteiger partial charge in [-0.3, -0.25) is 14.5 Å². The number of carbonyl (C=O) groups excluding carboxylic acids is 2. The van der Waals surface area contributed by atoms with Crippen LogP contribution in [0.25, 0.3) is 0 Å². The van der Waals surface area contributed by atoms with E-state index < -0.39 is 0 Å². The number of unbranched alkanes of at least 4 members (excludes halogenated alkanes) is 1. The molecular weight excluding hydrogens is 673 g/mol. The van der Waals surface area contributed by atoms with Gasteiger partial charge in [0.25, 0.3) is 0 Å². The summed E-state index contributed by atoms with van der Waals surface area (Å²) < 4.78 is 13.1. The van der Waals surface area contributed by atoms with E-state index in [2.05, 4.69) is 58.3 Å². The maximum atomic E-state index is 14.9. The predicted molar refractivity (Wildman–Crippen MR) is 209 cm³/mol. The van der Waals surface area contributed by atoms with E-state index in [9.17, 15) is 14.7 Å². The van der Waals surface area contributed by atoms with Crippen molar-refractivity contribution in [2.75, 3.05) is 26.7 Å². The fourth-order valence-electron chi connectivity index (χ4n) is 10.8. The predicted octanol–water partition coefficient (Wildman–Crippen LogP) is 8.32. The van der Waals surface area contributed by atoms with Crippen LogP contribution in [0.15, 0.2) is 97.1 Å². The van der Waals surface area contributed by atoms with Crippen molar-refractivity contribution in [2.45, 2.75) is 93.7 Å². The van der Waals surface area contributed by atoms with Crippen molar-refractivity contribution >= 4 is 11.7 Å². The van der Waals surface area contributed by atoms with Gasteiger partial charge in [-0.05, 0) is 80.9 Å². The first-order valence-corrected chi connectivity index (χ1v) is 20.3. The molecule has 7 nitrogen and oxygen atoms in total. The zero-order chi connectivity index (χ0) is 36.8. The van der Waals surface area contributed by atoms with E-state index in [0.29, 0.717) is 55.7 Å². The molecule has 4 aromatic rings. The molecule has 2 aliphatic heterocycles. The number of nitrogens with zero attached hydrogens (tertiary/aromatic N) is 2. The molecule has 1 saturated heterocycles. The Hall–Kier alpha value is -4.62. The molecule has 5 atom stereocenters. The number of phenolic OH excluding ortho intramolecular Hbond substituents is 1. The molecule has 1 N–H and O–H groups in total. The number of hydrogen-bond donors (Lipinski definition) is 1. The van der Waals surface area contributed by atoms with E-state index >= 15 is 0 Å². The zero-order valence-electron chi connectivity index (χ0n) is 31.4. The minimum atomic E-state index is -0.307. The van der Waals surface area contributed by atoms with E-state index in [1.54, 1.807) is 13.2 Å². The minimum absolute atomic E-state index is 0.0244. The second-order valence-electron chi connectivity index (χ2n) is 16.5. The van der Waals surface area contributed by atoms with Crippen molar-refractivity contribution in [1.82, 2.24) is 9.80 Å². The van der Waals surface area contributed by atoms with Gasteiger partial charge in [0.2, 0.25) is 5.91 Å². The highest BCUT2D eigenvalue weighted by atomic mass is 16.5. The highest BCUT2D eigenvalue weighted by molar-refractivity contribution is 5.96. The summed E-state index contributed by atoms with van der Waals surface area (Å²) in [6, 6.07) is 32.5. The van der Waals surface area contributed by atoms with E-state index in [-0.39, 0.29) is 35.2 Å². The number of phenols is 1. The van der Waals surface area contributed by atoms with E-state index in [1.165, 1.54) is 24.0 Å². The lowest BCUT2D eigenvalue weighted by Gasteiger charge is -2.60. The summed E-state index contributed by atoms with van der Waals surface area (Å²) in [6.45, 7) is 2.67. The molecule has 280 valence electrons. The lowest BCUT2D eigenvalue weighted by Crippen LogP contribution is -2.69. The quantitative estimate of drug-likeness (QED) is 0.104. The Labute approximate surface area is 319 Å². The smallest absolute Gasteiger partial charge is 0.222 e. The molecule has 0 radical (unpaired) electrons. The van der Waals surface area contributed by atoms with Crippen LogP contribution in [0, 0.1) is 11.8 Å². The second kappa shape index (κ2) is 14.6. The standard InChI is InChI=1S/C47H52N2O5/c1-53-42-28-41(51)35-27-39-37-23-24-38(46-47(37,44(35)45(42)54-46)25-26-48(39)29-31-21-22-31)49(43(52)20-12-11-19-40(50)34-17-9-4-10-18-34)30-36(32-13-5-2-6-14-32)33-15-7-3-8-16-33/h2-10,13-18,28,31,36-39,46,51H,11-12,19-27,29-30H2,1H3/t37-,38-,39+,46-,47-/m0/s1. The number of amides is 1. The van der Waals surface area contributed by atoms with Gasteiger partial charge >= 0.3 is 0 Å². The summed E-state index contributed by atoms with van der Waals surface area (Å²) in [6.07, 6.45) is 8.12. The van der Waals surface area contributed by atoms with Crippen LogP contribution < -0.4 is 9.47 Å². The summed E-state index contributed by atoms with van der Waals surface area (Å²) in [5.41, 5.74) is 4.94. The third kappa shape index (κ3) is 6.18. The molecular formula is C47H52N2O5. The largest absolute Gasteiger partial charge is 0.508 e. The Morgan fingerprint density at radius 2 is 1.57 bits per heavy atom. The van der Waals surface area contributed by atoms with Crippen LogP contribution in [0.2, 0.25) is 0 Å². The van der Waals surface area contributed by atoms with Crippen LogP contribution >= 0.6 is 0 Å². The molecule has 5 aliphatic rings. The number of ether oxygens (including phenoxy) is 2. The molecule has 3 aliphatic carbocycles. The normalized spacial score (nSPS) is 25.1. The molecule has 54 heavy (non-hydrogen) atoms. The molecule has 1 spiro atoms. The Morgan fingerprint density at radius 1 is 0.907 bits per heavy atom. The van der Waals surface area contributed by atoms with Gasteiger partial charge in [0.1, 0.15) is 11.9 Å². The second-order valence-corrected chi connectivity index (χ2v) is 16.5. The first-order valence-electron chi connectivity index (χ1n) is 20.3. The van der Waals surface area contributed by atoms with Crippen LogP contribution in [0.1, 0.15) is 96.3 Å². The number of Topliss-reactive ketones (excluding diaryl/α,β-unsaturated/α-hetero) is 1. The summed E-state index contributed by atoms with van der Waals surface area (Å²) in [5.74, 6) is 3.04. The van der Waals surface area contributed by atoms with Crippen molar-refractivity contribution in [1.29, 1.82) is 0 Å². The van der Waals surface area contributed by atoms with Crippen LogP contribution in [0.5, 0.6) is 17.2 Å². The topological polar surface area (TPSA) is 79.3 Å². The number of rotatable bonds is 14. The summed E-state index contributed by atoms with van der Waals surface area (Å²) in [4.78, 5) is 32.8. The average Bonchev–Trinajstić information content (AvgIpc) is 3.97. The number of benzene rings is 4. The maximum Gasteiger partial charge on any atom is 0.222 e. The van der Waals surface area contributed by atoms with Crippen LogP contribution in [-0.4, -0.2) is 71.5 Å². The zero-order valence-corrected chi connectivity index (χ0v) is 31.4. The highest BCUT2D eigenvalue weighted by Gasteiger charge is 2.67. The Kier molecular flexibility index (Phi) is 9.46. The molecule has 9 rings (SSSR count). The van der Waals surface area contributed by atoms with Gasteiger partial charge in [-0.2, -0.15) is 0 Å². The third-order valence-corrected chi connectivity index (χ3v) is 13.5. The van der Waals surface area contributed by atoms with Gasteiger partial charge in [0.15, 0.2) is 17.3 Å². The molecule has 1 amide bonds. The fraction of sp³-hybridized carbons (Fsp3) is 0.447. The highest BCUT2D eigenvalue weighted by Crippen LogP contribution is 2.66. The lowest BCUT2D eigenvalue weighted by molar-refractivity contribution is -0.143. The van der Waals surface area contributed by atoms with E-state index in [1.807, 2.05) is 42.5 Å². The lowest BCUT2D eigenvalue weighted by atomic mass is 9.50. The van der Waals surface area contributed by atoms with Gasteiger partial charge in [0, 0.05) is 66.1 Å². The van der Waals surface area contributed by atoms with Gasteiger partial charge in [-0.25, -0.2) is 0 Å². The molecule has 3 fully saturated rings. The summed E-state index contributed by atoms with van der Waals surface area (Å²) in [7, 11) is 1.65. The molecule has 2 saturated carbocycles. The van der Waals surface area contributed by atoms with Gasteiger partial charge < -0.3 is 19.5 Å². The van der Waals surface area contributed by atoms with Crippen LogP contribution in [0.4, 0.5) is 0 Å². The number of methoxy groups -OCH3 is 1.